The van der Waals surface area contributed by atoms with Crippen molar-refractivity contribution in [3.05, 3.63) is 23.8 Å². The smallest absolute Gasteiger partial charge is 0.311 e. The van der Waals surface area contributed by atoms with Crippen LogP contribution in [0.15, 0.2) is 23.8 Å². The highest BCUT2D eigenvalue weighted by Gasteiger charge is 2.42. The Morgan fingerprint density at radius 2 is 1.83 bits per heavy atom. The molecule has 0 amide bonds. The molecule has 0 unspecified atom stereocenters. The number of hydrogen-bond donors (Lipinski definition) is 4. The van der Waals surface area contributed by atoms with Crippen LogP contribution in [-0.2, 0) is 19.1 Å². The number of rotatable bonds is 13. The number of allylic oxidation sites excluding steroid dienone is 3. The first-order valence-electron chi connectivity index (χ1n) is 13.3. The maximum absolute atomic E-state index is 12.9. The van der Waals surface area contributed by atoms with Crippen LogP contribution >= 0.6 is 0 Å². The van der Waals surface area contributed by atoms with Gasteiger partial charge in [-0.1, -0.05) is 39.0 Å². The lowest BCUT2D eigenvalue weighted by Crippen LogP contribution is -2.43. The van der Waals surface area contributed by atoms with Gasteiger partial charge in [-0.25, -0.2) is 0 Å². The van der Waals surface area contributed by atoms with Crippen molar-refractivity contribution < 1.29 is 39.5 Å². The summed E-state index contributed by atoms with van der Waals surface area (Å²) in [6, 6.07) is 0. The van der Waals surface area contributed by atoms with Crippen LogP contribution in [0.3, 0.4) is 0 Å². The van der Waals surface area contributed by atoms with Crippen molar-refractivity contribution in [3.63, 3.8) is 0 Å². The molecule has 0 aromatic carbocycles. The Kier molecular flexibility index (Phi) is 11.6. The predicted molar refractivity (Wildman–Crippen MR) is 136 cm³/mol. The average molecular weight is 511 g/mol. The zero-order valence-electron chi connectivity index (χ0n) is 22.4. The minimum absolute atomic E-state index is 0.0299. The first kappa shape index (κ1) is 30.5. The van der Waals surface area contributed by atoms with Gasteiger partial charge in [0, 0.05) is 5.92 Å². The molecule has 0 saturated carbocycles. The van der Waals surface area contributed by atoms with E-state index in [-0.39, 0.29) is 49.3 Å². The number of esters is 2. The summed E-state index contributed by atoms with van der Waals surface area (Å²) >= 11 is 0. The van der Waals surface area contributed by atoms with Crippen molar-refractivity contribution in [1.29, 1.82) is 0 Å². The molecule has 0 aromatic rings. The Hall–Kier alpha value is -1.74. The van der Waals surface area contributed by atoms with Crippen molar-refractivity contribution in [2.45, 2.75) is 97.6 Å². The third kappa shape index (κ3) is 8.68. The molecule has 206 valence electrons. The maximum Gasteiger partial charge on any atom is 0.311 e. The molecule has 0 fully saturated rings. The molecule has 2 rings (SSSR count). The van der Waals surface area contributed by atoms with E-state index >= 15 is 0 Å². The Bertz CT molecular complexity index is 788. The van der Waals surface area contributed by atoms with Gasteiger partial charge < -0.3 is 29.9 Å². The highest BCUT2D eigenvalue weighted by Crippen LogP contribution is 2.45. The summed E-state index contributed by atoms with van der Waals surface area (Å²) < 4.78 is 10.9. The molecule has 8 heteroatoms. The van der Waals surface area contributed by atoms with Crippen LogP contribution in [0, 0.1) is 29.1 Å². The number of carbonyl (C=O) groups is 2. The number of aliphatic hydroxyl groups is 4. The Labute approximate surface area is 215 Å². The SMILES string of the molecule is CCC(C)(C)C(=O)O[C@H]1C[C@@H](C)C=C2C=C[C@H](C)[C@H](CC[C@@H](O)C[C@@H](O)CC(=O)OC[C@@H](O)CO)[C@H]21. The summed E-state index contributed by atoms with van der Waals surface area (Å²) in [6.45, 7) is 9.22. The van der Waals surface area contributed by atoms with Crippen LogP contribution < -0.4 is 0 Å². The van der Waals surface area contributed by atoms with Crippen LogP contribution in [0.4, 0.5) is 0 Å². The third-order valence-electron chi connectivity index (χ3n) is 7.72. The van der Waals surface area contributed by atoms with Crippen molar-refractivity contribution in [3.8, 4) is 0 Å². The largest absolute Gasteiger partial charge is 0.463 e. The number of fused-ring (bicyclic) bond motifs is 1. The van der Waals surface area contributed by atoms with Gasteiger partial charge in [-0.15, -0.1) is 0 Å². The molecule has 0 aliphatic heterocycles. The fourth-order valence-corrected chi connectivity index (χ4v) is 5.06. The lowest BCUT2D eigenvalue weighted by atomic mass is 9.65. The lowest BCUT2D eigenvalue weighted by Gasteiger charge is -2.44. The van der Waals surface area contributed by atoms with E-state index in [1.807, 2.05) is 20.8 Å². The number of ether oxygens (including phenoxy) is 2. The van der Waals surface area contributed by atoms with Gasteiger partial charge in [-0.2, -0.15) is 0 Å². The first-order valence-corrected chi connectivity index (χ1v) is 13.3. The van der Waals surface area contributed by atoms with E-state index in [9.17, 15) is 24.9 Å². The van der Waals surface area contributed by atoms with Crippen LogP contribution in [0.1, 0.15) is 73.1 Å². The maximum atomic E-state index is 12.9. The van der Waals surface area contributed by atoms with E-state index in [1.54, 1.807) is 0 Å². The fraction of sp³-hybridized carbons (Fsp3) is 0.786. The first-order chi connectivity index (χ1) is 16.9. The second-order valence-corrected chi connectivity index (χ2v) is 11.3. The van der Waals surface area contributed by atoms with Gasteiger partial charge in [0.1, 0.15) is 18.8 Å². The van der Waals surface area contributed by atoms with E-state index in [2.05, 4.69) is 32.1 Å². The molecule has 2 aliphatic carbocycles. The summed E-state index contributed by atoms with van der Waals surface area (Å²) in [4.78, 5) is 24.7. The molecule has 2 aliphatic rings. The van der Waals surface area contributed by atoms with Crippen molar-refractivity contribution in [1.82, 2.24) is 0 Å². The molecule has 4 N–H and O–H groups in total. The van der Waals surface area contributed by atoms with Crippen LogP contribution in [-0.4, -0.2) is 70.0 Å². The highest BCUT2D eigenvalue weighted by molar-refractivity contribution is 5.76. The van der Waals surface area contributed by atoms with Gasteiger partial charge in [0.25, 0.3) is 0 Å². The van der Waals surface area contributed by atoms with E-state index in [1.165, 1.54) is 5.57 Å². The lowest BCUT2D eigenvalue weighted by molar-refractivity contribution is -0.164. The standard InChI is InChI=1S/C28H46O8/c1-6-28(4,5)27(34)36-24-12-17(2)11-19-8-7-18(3)23(26(19)24)10-9-20(30)13-21(31)14-25(33)35-16-22(32)15-29/h7-8,11,17-18,20-24,26,29-32H,6,9-10,12-16H2,1-5H3/t17-,18-,20+,21+,22-,23-,24-,26-/m0/s1. The molecule has 36 heavy (non-hydrogen) atoms. The molecular weight excluding hydrogens is 464 g/mol. The van der Waals surface area contributed by atoms with E-state index < -0.39 is 36.3 Å². The summed E-state index contributed by atoms with van der Waals surface area (Å²) in [6.07, 6.45) is 5.67. The second kappa shape index (κ2) is 13.7. The van der Waals surface area contributed by atoms with Crippen molar-refractivity contribution in [2.75, 3.05) is 13.2 Å². The summed E-state index contributed by atoms with van der Waals surface area (Å²) in [5.74, 6) is -0.0942. The third-order valence-corrected chi connectivity index (χ3v) is 7.72. The number of aliphatic hydroxyl groups excluding tert-OH is 4. The monoisotopic (exact) mass is 510 g/mol. The van der Waals surface area contributed by atoms with E-state index in [4.69, 9.17) is 14.6 Å². The zero-order valence-corrected chi connectivity index (χ0v) is 22.4. The highest BCUT2D eigenvalue weighted by atomic mass is 16.5. The van der Waals surface area contributed by atoms with Crippen LogP contribution in [0.5, 0.6) is 0 Å². The molecule has 0 bridgehead atoms. The zero-order chi connectivity index (χ0) is 27.0. The molecular formula is C28H46O8. The topological polar surface area (TPSA) is 134 Å². The number of hydrogen-bond acceptors (Lipinski definition) is 8. The van der Waals surface area contributed by atoms with E-state index in [0.29, 0.717) is 25.2 Å². The molecule has 8 nitrogen and oxygen atoms in total. The normalized spacial score (nSPS) is 28.5. The van der Waals surface area contributed by atoms with Crippen molar-refractivity contribution >= 4 is 11.9 Å². The van der Waals surface area contributed by atoms with E-state index in [0.717, 1.165) is 6.42 Å². The van der Waals surface area contributed by atoms with Gasteiger partial charge in [0.15, 0.2) is 0 Å². The second-order valence-electron chi connectivity index (χ2n) is 11.3. The predicted octanol–water partition coefficient (Wildman–Crippen LogP) is 2.92. The minimum atomic E-state index is -1.15. The molecule has 0 spiro atoms. The fourth-order valence-electron chi connectivity index (χ4n) is 5.06. The molecule has 0 aromatic heterocycles. The Morgan fingerprint density at radius 3 is 2.47 bits per heavy atom. The molecule has 0 saturated heterocycles. The van der Waals surface area contributed by atoms with Crippen LogP contribution in [0.25, 0.3) is 0 Å². The molecule has 0 heterocycles. The van der Waals surface area contributed by atoms with Gasteiger partial charge in [0.2, 0.25) is 0 Å². The molecule has 0 radical (unpaired) electrons. The van der Waals surface area contributed by atoms with Gasteiger partial charge in [-0.05, 0) is 69.3 Å². The Balaban J connectivity index is 1.99. The number of carbonyl (C=O) groups excluding carboxylic acids is 2. The summed E-state index contributed by atoms with van der Waals surface area (Å²) in [5, 5.41) is 38.8. The average Bonchev–Trinajstić information content (AvgIpc) is 2.81. The van der Waals surface area contributed by atoms with Gasteiger partial charge >= 0.3 is 11.9 Å². The van der Waals surface area contributed by atoms with Crippen LogP contribution in [0.2, 0.25) is 0 Å². The van der Waals surface area contributed by atoms with Gasteiger partial charge in [-0.3, -0.25) is 9.59 Å². The minimum Gasteiger partial charge on any atom is -0.463 e. The summed E-state index contributed by atoms with van der Waals surface area (Å²) in [5.41, 5.74) is 0.645. The molecule has 8 atom stereocenters. The van der Waals surface area contributed by atoms with Crippen molar-refractivity contribution in [2.24, 2.45) is 29.1 Å². The van der Waals surface area contributed by atoms with Gasteiger partial charge in [0.05, 0.1) is 30.7 Å². The summed E-state index contributed by atoms with van der Waals surface area (Å²) in [7, 11) is 0. The quantitative estimate of drug-likeness (QED) is 0.278. The Morgan fingerprint density at radius 1 is 1.14 bits per heavy atom.